The van der Waals surface area contributed by atoms with Crippen molar-refractivity contribution in [1.29, 1.82) is 0 Å². The molecule has 144 valence electrons. The molecule has 1 fully saturated rings. The van der Waals surface area contributed by atoms with Crippen molar-refractivity contribution in [2.24, 2.45) is 5.92 Å². The summed E-state index contributed by atoms with van der Waals surface area (Å²) in [4.78, 5) is 13.9. The minimum Gasteiger partial charge on any atom is -0.488 e. The van der Waals surface area contributed by atoms with Crippen molar-refractivity contribution in [2.45, 2.75) is 39.7 Å². The van der Waals surface area contributed by atoms with Gasteiger partial charge < -0.3 is 9.64 Å². The fourth-order valence-electron chi connectivity index (χ4n) is 4.45. The number of hydrogen-bond acceptors (Lipinski definition) is 5. The molecule has 0 unspecified atom stereocenters. The van der Waals surface area contributed by atoms with Gasteiger partial charge in [-0.25, -0.2) is 4.98 Å². The summed E-state index contributed by atoms with van der Waals surface area (Å²) in [5.41, 5.74) is 4.93. The second-order valence-corrected chi connectivity index (χ2v) is 8.14. The lowest BCUT2D eigenvalue weighted by Crippen LogP contribution is -2.36. The summed E-state index contributed by atoms with van der Waals surface area (Å²) < 4.78 is 5.82. The van der Waals surface area contributed by atoms with E-state index in [2.05, 4.69) is 58.9 Å². The van der Waals surface area contributed by atoms with E-state index < -0.39 is 0 Å². The molecule has 0 saturated carbocycles. The maximum atomic E-state index is 5.82. The molecule has 2 aromatic heterocycles. The van der Waals surface area contributed by atoms with Crippen LogP contribution in [-0.4, -0.2) is 48.2 Å². The smallest absolute Gasteiger partial charge is 0.171 e. The van der Waals surface area contributed by atoms with Crippen LogP contribution in [0.25, 0.3) is 0 Å². The average Bonchev–Trinajstić information content (AvgIpc) is 2.61. The third-order valence-electron chi connectivity index (χ3n) is 5.61. The second-order valence-electron chi connectivity index (χ2n) is 8.14. The number of fused-ring (bicyclic) bond motifs is 1. The number of likely N-dealkylation sites (N-methyl/N-ethyl adjacent to an activating group) is 1. The van der Waals surface area contributed by atoms with Crippen molar-refractivity contribution >= 4 is 5.82 Å². The zero-order chi connectivity index (χ0) is 18.8. The van der Waals surface area contributed by atoms with Crippen LogP contribution in [0.3, 0.4) is 0 Å². The van der Waals surface area contributed by atoms with Gasteiger partial charge in [0.2, 0.25) is 0 Å². The number of aromatic nitrogens is 2. The quantitative estimate of drug-likeness (QED) is 0.830. The standard InChI is InChI=1S/C22H30N4O/c1-16-9-19(10-17(2)24-16)11-18-5-4-6-26(14-18)15-20-12-21-22(23-13-20)25(3)7-8-27-21/h9-10,12-13,18H,4-8,11,14-15H2,1-3H3/t18-/m1/s1. The summed E-state index contributed by atoms with van der Waals surface area (Å²) in [5, 5.41) is 0. The van der Waals surface area contributed by atoms with E-state index >= 15 is 0 Å². The summed E-state index contributed by atoms with van der Waals surface area (Å²) in [6.45, 7) is 9.10. The predicted molar refractivity (Wildman–Crippen MR) is 108 cm³/mol. The Morgan fingerprint density at radius 2 is 1.93 bits per heavy atom. The number of hydrogen-bond donors (Lipinski definition) is 0. The number of piperidine rings is 1. The van der Waals surface area contributed by atoms with E-state index in [0.717, 1.165) is 55.6 Å². The molecule has 0 aromatic carbocycles. The maximum Gasteiger partial charge on any atom is 0.171 e. The largest absolute Gasteiger partial charge is 0.488 e. The molecule has 1 atom stereocenters. The van der Waals surface area contributed by atoms with E-state index in [1.165, 1.54) is 30.5 Å². The Morgan fingerprint density at radius 1 is 1.11 bits per heavy atom. The first-order valence-electron chi connectivity index (χ1n) is 10.1. The average molecular weight is 367 g/mol. The molecular formula is C22H30N4O. The molecule has 0 aliphatic carbocycles. The van der Waals surface area contributed by atoms with E-state index in [-0.39, 0.29) is 0 Å². The Morgan fingerprint density at radius 3 is 2.74 bits per heavy atom. The second kappa shape index (κ2) is 7.85. The molecule has 5 heteroatoms. The number of aryl methyl sites for hydroxylation is 2. The van der Waals surface area contributed by atoms with Crippen LogP contribution in [0.4, 0.5) is 5.82 Å². The van der Waals surface area contributed by atoms with Crippen molar-refractivity contribution in [2.75, 3.05) is 38.2 Å². The van der Waals surface area contributed by atoms with Gasteiger partial charge in [0.1, 0.15) is 6.61 Å². The first kappa shape index (κ1) is 18.2. The van der Waals surface area contributed by atoms with Crippen LogP contribution < -0.4 is 9.64 Å². The molecule has 4 rings (SSSR count). The van der Waals surface area contributed by atoms with Crippen molar-refractivity contribution in [1.82, 2.24) is 14.9 Å². The van der Waals surface area contributed by atoms with Gasteiger partial charge in [0, 0.05) is 37.7 Å². The van der Waals surface area contributed by atoms with E-state index in [4.69, 9.17) is 4.74 Å². The highest BCUT2D eigenvalue weighted by molar-refractivity contribution is 5.54. The van der Waals surface area contributed by atoms with Gasteiger partial charge in [-0.2, -0.15) is 0 Å². The SMILES string of the molecule is Cc1cc(C[C@H]2CCCN(Cc3cnc4c(c3)OCCN4C)C2)cc(C)n1. The molecule has 1 saturated heterocycles. The molecular weight excluding hydrogens is 336 g/mol. The van der Waals surface area contributed by atoms with Gasteiger partial charge in [0.15, 0.2) is 11.6 Å². The van der Waals surface area contributed by atoms with Crippen LogP contribution in [0, 0.1) is 19.8 Å². The first-order chi connectivity index (χ1) is 13.1. The predicted octanol–water partition coefficient (Wildman–Crippen LogP) is 3.38. The molecule has 2 aliphatic heterocycles. The third kappa shape index (κ3) is 4.41. The van der Waals surface area contributed by atoms with E-state index in [9.17, 15) is 0 Å². The topological polar surface area (TPSA) is 41.5 Å². The van der Waals surface area contributed by atoms with Crippen molar-refractivity contribution in [3.05, 3.63) is 46.9 Å². The minimum atomic E-state index is 0.716. The highest BCUT2D eigenvalue weighted by atomic mass is 16.5. The first-order valence-corrected chi connectivity index (χ1v) is 10.1. The van der Waals surface area contributed by atoms with Gasteiger partial charge in [-0.05, 0) is 74.9 Å². The zero-order valence-corrected chi connectivity index (χ0v) is 16.7. The molecule has 0 bridgehead atoms. The number of ether oxygens (including phenoxy) is 1. The summed E-state index contributed by atoms with van der Waals surface area (Å²) in [7, 11) is 2.08. The van der Waals surface area contributed by atoms with Crippen LogP contribution in [-0.2, 0) is 13.0 Å². The molecule has 5 nitrogen and oxygen atoms in total. The number of anilines is 1. The van der Waals surface area contributed by atoms with Crippen LogP contribution in [0.5, 0.6) is 5.75 Å². The maximum absolute atomic E-state index is 5.82. The van der Waals surface area contributed by atoms with Crippen molar-refractivity contribution < 1.29 is 4.74 Å². The Hall–Kier alpha value is -2.14. The van der Waals surface area contributed by atoms with E-state index in [0.29, 0.717) is 5.92 Å². The monoisotopic (exact) mass is 366 g/mol. The summed E-state index contributed by atoms with van der Waals surface area (Å²) in [6.07, 6.45) is 5.75. The molecule has 0 amide bonds. The van der Waals surface area contributed by atoms with Gasteiger partial charge >= 0.3 is 0 Å². The number of nitrogens with zero attached hydrogens (tertiary/aromatic N) is 4. The minimum absolute atomic E-state index is 0.716. The highest BCUT2D eigenvalue weighted by Crippen LogP contribution is 2.30. The molecule has 27 heavy (non-hydrogen) atoms. The fourth-order valence-corrected chi connectivity index (χ4v) is 4.45. The summed E-state index contributed by atoms with van der Waals surface area (Å²) >= 11 is 0. The van der Waals surface area contributed by atoms with Crippen LogP contribution in [0.1, 0.15) is 35.4 Å². The lowest BCUT2D eigenvalue weighted by atomic mass is 9.91. The molecule has 4 heterocycles. The molecule has 0 radical (unpaired) electrons. The number of pyridine rings is 2. The van der Waals surface area contributed by atoms with Crippen LogP contribution >= 0.6 is 0 Å². The Balaban J connectivity index is 1.40. The van der Waals surface area contributed by atoms with Crippen molar-refractivity contribution in [3.8, 4) is 5.75 Å². The van der Waals surface area contributed by atoms with E-state index in [1.807, 2.05) is 6.20 Å². The lowest BCUT2D eigenvalue weighted by molar-refractivity contribution is 0.166. The molecule has 0 spiro atoms. The van der Waals surface area contributed by atoms with Gasteiger partial charge in [-0.1, -0.05) is 0 Å². The zero-order valence-electron chi connectivity index (χ0n) is 16.7. The molecule has 2 aliphatic rings. The number of likely N-dealkylation sites (tertiary alicyclic amines) is 1. The van der Waals surface area contributed by atoms with Gasteiger partial charge in [0.25, 0.3) is 0 Å². The van der Waals surface area contributed by atoms with Gasteiger partial charge in [-0.15, -0.1) is 0 Å². The summed E-state index contributed by atoms with van der Waals surface area (Å²) in [6, 6.07) is 6.66. The molecule has 2 aromatic rings. The Bertz CT molecular complexity index is 787. The van der Waals surface area contributed by atoms with Gasteiger partial charge in [-0.3, -0.25) is 9.88 Å². The third-order valence-corrected chi connectivity index (χ3v) is 5.61. The fraction of sp³-hybridized carbons (Fsp3) is 0.545. The van der Waals surface area contributed by atoms with E-state index in [1.54, 1.807) is 0 Å². The van der Waals surface area contributed by atoms with Crippen molar-refractivity contribution in [3.63, 3.8) is 0 Å². The number of rotatable bonds is 4. The highest BCUT2D eigenvalue weighted by Gasteiger charge is 2.22. The van der Waals surface area contributed by atoms with Gasteiger partial charge in [0.05, 0.1) is 6.54 Å². The lowest BCUT2D eigenvalue weighted by Gasteiger charge is -2.33. The Labute approximate surface area is 162 Å². The molecule has 0 N–H and O–H groups in total. The Kier molecular flexibility index (Phi) is 5.30. The normalized spacial score (nSPS) is 20.3. The summed E-state index contributed by atoms with van der Waals surface area (Å²) in [5.74, 6) is 2.61. The van der Waals surface area contributed by atoms with Crippen LogP contribution in [0.15, 0.2) is 24.4 Å². The van der Waals surface area contributed by atoms with Crippen LogP contribution in [0.2, 0.25) is 0 Å².